The number of amides is 2. The lowest BCUT2D eigenvalue weighted by Crippen LogP contribution is -2.47. The van der Waals surface area contributed by atoms with E-state index in [1.165, 1.54) is 0 Å². The molecular formula is C18H21N3O4. The highest BCUT2D eigenvalue weighted by atomic mass is 16.5. The lowest BCUT2D eigenvalue weighted by molar-refractivity contribution is -0.124. The average molecular weight is 343 g/mol. The predicted molar refractivity (Wildman–Crippen MR) is 90.2 cm³/mol. The van der Waals surface area contributed by atoms with Crippen molar-refractivity contribution in [2.24, 2.45) is 0 Å². The third-order valence-electron chi connectivity index (χ3n) is 4.11. The smallest absolute Gasteiger partial charge is 0.276 e. The lowest BCUT2D eigenvalue weighted by Gasteiger charge is -2.31. The van der Waals surface area contributed by atoms with Gasteiger partial charge in [-0.05, 0) is 31.9 Å². The Morgan fingerprint density at radius 1 is 1.28 bits per heavy atom. The van der Waals surface area contributed by atoms with Gasteiger partial charge in [-0.15, -0.1) is 0 Å². The molecule has 1 fully saturated rings. The molecule has 1 aromatic carbocycles. The summed E-state index contributed by atoms with van der Waals surface area (Å²) in [5.74, 6) is 1.000. The van der Waals surface area contributed by atoms with Gasteiger partial charge < -0.3 is 19.5 Å². The number of nitrogens with one attached hydrogen (secondary N) is 1. The second kappa shape index (κ2) is 7.83. The number of benzene rings is 1. The number of carbonyl (C=O) groups is 2. The van der Waals surface area contributed by atoms with E-state index in [0.717, 1.165) is 0 Å². The Balaban J connectivity index is 1.41. The van der Waals surface area contributed by atoms with Gasteiger partial charge in [-0.3, -0.25) is 9.59 Å². The minimum absolute atomic E-state index is 0.0125. The van der Waals surface area contributed by atoms with E-state index >= 15 is 0 Å². The van der Waals surface area contributed by atoms with Crippen molar-refractivity contribution in [1.82, 2.24) is 15.4 Å². The Kier molecular flexibility index (Phi) is 5.33. The number of ether oxygens (including phenoxy) is 1. The zero-order valence-electron chi connectivity index (χ0n) is 14.1. The molecule has 1 aromatic heterocycles. The molecule has 2 aromatic rings. The van der Waals surface area contributed by atoms with E-state index in [-0.39, 0.29) is 24.5 Å². The molecule has 2 heterocycles. The topological polar surface area (TPSA) is 84.7 Å². The van der Waals surface area contributed by atoms with Crippen molar-refractivity contribution >= 4 is 11.8 Å². The number of aromatic nitrogens is 1. The molecule has 0 unspecified atom stereocenters. The molecule has 2 amide bonds. The highest BCUT2D eigenvalue weighted by Gasteiger charge is 2.26. The van der Waals surface area contributed by atoms with Crippen LogP contribution in [0.4, 0.5) is 0 Å². The molecule has 1 N–H and O–H groups in total. The number of para-hydroxylation sites is 1. The molecule has 0 bridgehead atoms. The quantitative estimate of drug-likeness (QED) is 0.894. The Labute approximate surface area is 145 Å². The number of nitrogens with zero attached hydrogens (tertiary/aromatic N) is 2. The molecule has 0 aliphatic carbocycles. The first-order valence-electron chi connectivity index (χ1n) is 8.31. The molecule has 7 nitrogen and oxygen atoms in total. The first kappa shape index (κ1) is 17.0. The van der Waals surface area contributed by atoms with Crippen LogP contribution in [-0.2, 0) is 4.79 Å². The lowest BCUT2D eigenvalue weighted by atomic mass is 10.0. The summed E-state index contributed by atoms with van der Waals surface area (Å²) >= 11 is 0. The number of hydrogen-bond acceptors (Lipinski definition) is 5. The van der Waals surface area contributed by atoms with Crippen LogP contribution in [0.5, 0.6) is 5.75 Å². The minimum atomic E-state index is -0.152. The van der Waals surface area contributed by atoms with E-state index in [1.54, 1.807) is 17.9 Å². The molecule has 3 rings (SSSR count). The number of aryl methyl sites for hydroxylation is 1. The van der Waals surface area contributed by atoms with Crippen molar-refractivity contribution in [1.29, 1.82) is 0 Å². The van der Waals surface area contributed by atoms with Gasteiger partial charge in [-0.2, -0.15) is 0 Å². The molecule has 7 heteroatoms. The van der Waals surface area contributed by atoms with Crippen molar-refractivity contribution in [3.63, 3.8) is 0 Å². The third-order valence-corrected chi connectivity index (χ3v) is 4.11. The zero-order chi connectivity index (χ0) is 17.6. The molecule has 0 spiro atoms. The van der Waals surface area contributed by atoms with Gasteiger partial charge >= 0.3 is 0 Å². The number of hydrogen-bond donors (Lipinski definition) is 1. The van der Waals surface area contributed by atoms with Gasteiger partial charge in [0, 0.05) is 25.2 Å². The molecule has 0 atom stereocenters. The van der Waals surface area contributed by atoms with Gasteiger partial charge in [0.25, 0.3) is 11.8 Å². The average Bonchev–Trinajstić information content (AvgIpc) is 3.07. The van der Waals surface area contributed by atoms with Crippen molar-refractivity contribution in [3.8, 4) is 5.75 Å². The van der Waals surface area contributed by atoms with Crippen LogP contribution in [0.1, 0.15) is 29.1 Å². The van der Waals surface area contributed by atoms with E-state index in [9.17, 15) is 9.59 Å². The monoisotopic (exact) mass is 343 g/mol. The van der Waals surface area contributed by atoms with Crippen LogP contribution in [0.3, 0.4) is 0 Å². The van der Waals surface area contributed by atoms with Gasteiger partial charge in [0.2, 0.25) is 0 Å². The summed E-state index contributed by atoms with van der Waals surface area (Å²) in [4.78, 5) is 26.0. The SMILES string of the molecule is Cc1cc(C(=O)N2CCC(NC(=O)COc3ccccc3)CC2)no1. The van der Waals surface area contributed by atoms with Crippen LogP contribution in [-0.4, -0.2) is 47.6 Å². The molecular weight excluding hydrogens is 322 g/mol. The second-order valence-electron chi connectivity index (χ2n) is 6.06. The number of piperidine rings is 1. The molecule has 1 saturated heterocycles. The largest absolute Gasteiger partial charge is 0.484 e. The Hall–Kier alpha value is -2.83. The van der Waals surface area contributed by atoms with Crippen LogP contribution >= 0.6 is 0 Å². The van der Waals surface area contributed by atoms with E-state index in [2.05, 4.69) is 10.5 Å². The first-order chi connectivity index (χ1) is 12.1. The van der Waals surface area contributed by atoms with Gasteiger partial charge in [0.1, 0.15) is 11.5 Å². The normalized spacial score (nSPS) is 15.0. The van der Waals surface area contributed by atoms with Crippen molar-refractivity contribution in [2.75, 3.05) is 19.7 Å². The van der Waals surface area contributed by atoms with Crippen LogP contribution < -0.4 is 10.1 Å². The van der Waals surface area contributed by atoms with Gasteiger partial charge in [-0.25, -0.2) is 0 Å². The summed E-state index contributed by atoms with van der Waals surface area (Å²) in [6, 6.07) is 10.9. The molecule has 1 aliphatic rings. The van der Waals surface area contributed by atoms with Gasteiger partial charge in [0.05, 0.1) is 0 Å². The Morgan fingerprint density at radius 2 is 2.00 bits per heavy atom. The molecule has 0 saturated carbocycles. The third kappa shape index (κ3) is 4.59. The highest BCUT2D eigenvalue weighted by Crippen LogP contribution is 2.14. The number of carbonyl (C=O) groups excluding carboxylic acids is 2. The summed E-state index contributed by atoms with van der Waals surface area (Å²) in [5, 5.41) is 6.72. The minimum Gasteiger partial charge on any atom is -0.484 e. The summed E-state index contributed by atoms with van der Waals surface area (Å²) in [6.45, 7) is 2.90. The van der Waals surface area contributed by atoms with E-state index in [4.69, 9.17) is 9.26 Å². The fourth-order valence-electron chi connectivity index (χ4n) is 2.79. The van der Waals surface area contributed by atoms with Gasteiger partial charge in [-0.1, -0.05) is 23.4 Å². The van der Waals surface area contributed by atoms with Crippen LogP contribution in [0.2, 0.25) is 0 Å². The van der Waals surface area contributed by atoms with E-state index in [0.29, 0.717) is 43.1 Å². The number of likely N-dealkylation sites (tertiary alicyclic amines) is 1. The maximum absolute atomic E-state index is 12.3. The number of rotatable bonds is 5. The first-order valence-corrected chi connectivity index (χ1v) is 8.31. The van der Waals surface area contributed by atoms with E-state index < -0.39 is 0 Å². The van der Waals surface area contributed by atoms with Crippen molar-refractivity contribution in [2.45, 2.75) is 25.8 Å². The fourth-order valence-corrected chi connectivity index (χ4v) is 2.79. The molecule has 1 aliphatic heterocycles. The van der Waals surface area contributed by atoms with Crippen molar-refractivity contribution in [3.05, 3.63) is 47.9 Å². The maximum Gasteiger partial charge on any atom is 0.276 e. The summed E-state index contributed by atoms with van der Waals surface area (Å²) in [6.07, 6.45) is 1.42. The summed E-state index contributed by atoms with van der Waals surface area (Å²) in [7, 11) is 0. The molecule has 25 heavy (non-hydrogen) atoms. The van der Waals surface area contributed by atoms with Crippen LogP contribution in [0.15, 0.2) is 40.9 Å². The predicted octanol–water partition coefficient (Wildman–Crippen LogP) is 1.78. The Morgan fingerprint density at radius 3 is 2.64 bits per heavy atom. The molecule has 132 valence electrons. The fraction of sp³-hybridized carbons (Fsp3) is 0.389. The Bertz CT molecular complexity index is 721. The summed E-state index contributed by atoms with van der Waals surface area (Å²) < 4.78 is 10.4. The maximum atomic E-state index is 12.3. The second-order valence-corrected chi connectivity index (χ2v) is 6.06. The van der Waals surface area contributed by atoms with Gasteiger partial charge in [0.15, 0.2) is 12.3 Å². The summed E-state index contributed by atoms with van der Waals surface area (Å²) in [5.41, 5.74) is 0.330. The van der Waals surface area contributed by atoms with Crippen LogP contribution in [0.25, 0.3) is 0 Å². The highest BCUT2D eigenvalue weighted by molar-refractivity contribution is 5.92. The standard InChI is InChI=1S/C18H21N3O4/c1-13-11-16(20-25-13)18(23)21-9-7-14(8-10-21)19-17(22)12-24-15-5-3-2-4-6-15/h2-6,11,14H,7-10,12H2,1H3,(H,19,22). The molecule has 0 radical (unpaired) electrons. The van der Waals surface area contributed by atoms with Crippen LogP contribution in [0, 0.1) is 6.92 Å². The van der Waals surface area contributed by atoms with E-state index in [1.807, 2.05) is 30.3 Å². The van der Waals surface area contributed by atoms with Crippen molar-refractivity contribution < 1.29 is 18.8 Å². The zero-order valence-corrected chi connectivity index (χ0v) is 14.1.